The molecule has 0 spiro atoms. The first-order valence-corrected chi connectivity index (χ1v) is 13.0. The molecule has 0 amide bonds. The number of hydrogen-bond acceptors (Lipinski definition) is 5. The lowest BCUT2D eigenvalue weighted by atomic mass is 10.0. The van der Waals surface area contributed by atoms with Crippen molar-refractivity contribution in [1.82, 2.24) is 0 Å². The summed E-state index contributed by atoms with van der Waals surface area (Å²) in [5.41, 5.74) is 0. The average molecular weight is 443 g/mol. The summed E-state index contributed by atoms with van der Waals surface area (Å²) in [6, 6.07) is 0. The zero-order chi connectivity index (χ0) is 22.6. The van der Waals surface area contributed by atoms with E-state index in [4.69, 9.17) is 9.47 Å². The number of aliphatic hydroxyl groups excluding tert-OH is 3. The second kappa shape index (κ2) is 20.2. The topological polar surface area (TPSA) is 79.2 Å². The van der Waals surface area contributed by atoms with Crippen LogP contribution in [0.4, 0.5) is 0 Å². The van der Waals surface area contributed by atoms with E-state index in [2.05, 4.69) is 19.1 Å². The Bertz CT molecular complexity index is 415. The number of hydrogen-bond donors (Lipinski definition) is 3. The van der Waals surface area contributed by atoms with Crippen molar-refractivity contribution in [1.29, 1.82) is 0 Å². The Labute approximate surface area is 191 Å². The fourth-order valence-electron chi connectivity index (χ4n) is 4.09. The first kappa shape index (κ1) is 28.6. The lowest BCUT2D eigenvalue weighted by Gasteiger charge is -2.35. The van der Waals surface area contributed by atoms with Gasteiger partial charge in [0.15, 0.2) is 0 Å². The normalized spacial score (nSPS) is 24.3. The summed E-state index contributed by atoms with van der Waals surface area (Å²) in [6.45, 7) is 3.16. The summed E-state index contributed by atoms with van der Waals surface area (Å²) in [6.07, 6.45) is 21.9. The molecule has 0 aromatic rings. The van der Waals surface area contributed by atoms with Gasteiger partial charge in [0.2, 0.25) is 0 Å². The van der Waals surface area contributed by atoms with Crippen molar-refractivity contribution < 1.29 is 24.8 Å². The Balaban J connectivity index is 1.74. The molecule has 4 atom stereocenters. The molecular formula is C26H50O5. The van der Waals surface area contributed by atoms with E-state index in [1.807, 2.05) is 0 Å². The van der Waals surface area contributed by atoms with E-state index < -0.39 is 24.4 Å². The van der Waals surface area contributed by atoms with E-state index in [0.717, 1.165) is 6.42 Å². The molecule has 0 aliphatic carbocycles. The molecule has 1 aliphatic rings. The van der Waals surface area contributed by atoms with Gasteiger partial charge >= 0.3 is 0 Å². The Morgan fingerprint density at radius 3 is 1.77 bits per heavy atom. The lowest BCUT2D eigenvalue weighted by molar-refractivity contribution is -0.199. The van der Waals surface area contributed by atoms with E-state index in [1.54, 1.807) is 0 Å². The Morgan fingerprint density at radius 2 is 1.23 bits per heavy atom. The van der Waals surface area contributed by atoms with Crippen LogP contribution < -0.4 is 0 Å². The minimum absolute atomic E-state index is 0.0451. The van der Waals surface area contributed by atoms with Crippen LogP contribution in [0.1, 0.15) is 110 Å². The maximum atomic E-state index is 9.85. The highest BCUT2D eigenvalue weighted by molar-refractivity contribution is 4.86. The molecule has 0 unspecified atom stereocenters. The summed E-state index contributed by atoms with van der Waals surface area (Å²) in [4.78, 5) is 0. The third-order valence-corrected chi connectivity index (χ3v) is 6.20. The Morgan fingerprint density at radius 1 is 0.710 bits per heavy atom. The number of aliphatic hydroxyl groups is 3. The SMILES string of the molecule is CC/C=C/CCCCCCCCCCCCCCCCOC[C@@H]1OC[C@@H](O)[C@H](O)[C@H]1O. The zero-order valence-electron chi connectivity index (χ0n) is 20.1. The second-order valence-electron chi connectivity index (χ2n) is 9.11. The van der Waals surface area contributed by atoms with Gasteiger partial charge in [-0.2, -0.15) is 0 Å². The Hall–Kier alpha value is -0.460. The first-order chi connectivity index (χ1) is 15.2. The number of unbranched alkanes of at least 4 members (excludes halogenated alkanes) is 14. The highest BCUT2D eigenvalue weighted by atomic mass is 16.6. The van der Waals surface area contributed by atoms with Crippen LogP contribution in [0.25, 0.3) is 0 Å². The van der Waals surface area contributed by atoms with Crippen LogP contribution in [0, 0.1) is 0 Å². The molecule has 0 bridgehead atoms. The molecule has 3 N–H and O–H groups in total. The van der Waals surface area contributed by atoms with Crippen molar-refractivity contribution in [2.24, 2.45) is 0 Å². The van der Waals surface area contributed by atoms with Crippen LogP contribution in [0.15, 0.2) is 12.2 Å². The summed E-state index contributed by atoms with van der Waals surface area (Å²) < 4.78 is 10.9. The molecule has 1 fully saturated rings. The molecule has 0 saturated carbocycles. The van der Waals surface area contributed by atoms with Crippen molar-refractivity contribution >= 4 is 0 Å². The van der Waals surface area contributed by atoms with Gasteiger partial charge in [0.05, 0.1) is 13.2 Å². The molecule has 31 heavy (non-hydrogen) atoms. The van der Waals surface area contributed by atoms with Gasteiger partial charge in [-0.05, 0) is 25.7 Å². The summed E-state index contributed by atoms with van der Waals surface area (Å²) in [5, 5.41) is 28.9. The summed E-state index contributed by atoms with van der Waals surface area (Å²) >= 11 is 0. The second-order valence-corrected chi connectivity index (χ2v) is 9.11. The van der Waals surface area contributed by atoms with Crippen molar-refractivity contribution in [2.45, 2.75) is 134 Å². The van der Waals surface area contributed by atoms with E-state index >= 15 is 0 Å². The molecule has 1 aliphatic heterocycles. The lowest BCUT2D eigenvalue weighted by Crippen LogP contribution is -2.54. The molecule has 1 heterocycles. The molecule has 1 rings (SSSR count). The highest BCUT2D eigenvalue weighted by Crippen LogP contribution is 2.16. The maximum absolute atomic E-state index is 9.85. The van der Waals surface area contributed by atoms with Crippen molar-refractivity contribution in [3.63, 3.8) is 0 Å². The molecule has 184 valence electrons. The minimum atomic E-state index is -1.15. The van der Waals surface area contributed by atoms with Crippen LogP contribution in [0.5, 0.6) is 0 Å². The van der Waals surface area contributed by atoms with Crippen molar-refractivity contribution in [2.75, 3.05) is 19.8 Å². The van der Waals surface area contributed by atoms with Gasteiger partial charge in [-0.1, -0.05) is 96.1 Å². The summed E-state index contributed by atoms with van der Waals surface area (Å²) in [5.74, 6) is 0. The summed E-state index contributed by atoms with van der Waals surface area (Å²) in [7, 11) is 0. The first-order valence-electron chi connectivity index (χ1n) is 13.0. The fourth-order valence-corrected chi connectivity index (χ4v) is 4.09. The third-order valence-electron chi connectivity index (χ3n) is 6.20. The fraction of sp³-hybridized carbons (Fsp3) is 0.923. The van der Waals surface area contributed by atoms with Crippen molar-refractivity contribution in [3.8, 4) is 0 Å². The molecule has 0 radical (unpaired) electrons. The van der Waals surface area contributed by atoms with E-state index in [1.165, 1.54) is 96.3 Å². The number of ether oxygens (including phenoxy) is 2. The van der Waals surface area contributed by atoms with Gasteiger partial charge in [-0.3, -0.25) is 0 Å². The monoisotopic (exact) mass is 442 g/mol. The number of allylic oxidation sites excluding steroid dienone is 2. The zero-order valence-corrected chi connectivity index (χ0v) is 20.1. The molecule has 1 saturated heterocycles. The van der Waals surface area contributed by atoms with Crippen LogP contribution >= 0.6 is 0 Å². The van der Waals surface area contributed by atoms with E-state index in [-0.39, 0.29) is 13.2 Å². The minimum Gasteiger partial charge on any atom is -0.388 e. The molecule has 5 nitrogen and oxygen atoms in total. The van der Waals surface area contributed by atoms with Gasteiger partial charge in [0, 0.05) is 6.61 Å². The van der Waals surface area contributed by atoms with Crippen LogP contribution in [-0.2, 0) is 9.47 Å². The van der Waals surface area contributed by atoms with Crippen LogP contribution in [0.2, 0.25) is 0 Å². The highest BCUT2D eigenvalue weighted by Gasteiger charge is 2.37. The molecule has 5 heteroatoms. The molecule has 0 aromatic heterocycles. The van der Waals surface area contributed by atoms with Crippen LogP contribution in [-0.4, -0.2) is 59.6 Å². The number of rotatable bonds is 20. The van der Waals surface area contributed by atoms with Gasteiger partial charge < -0.3 is 24.8 Å². The molecular weight excluding hydrogens is 392 g/mol. The standard InChI is InChI=1S/C26H50O5/c1-2-3-4-5-6-7-8-9-10-11-12-13-14-15-16-17-18-19-20-30-22-24-26(29)25(28)23(27)21-31-24/h3-4,23-29H,2,5-22H2,1H3/b4-3+/t23-,24+,25+,26+/m1/s1. The van der Waals surface area contributed by atoms with Gasteiger partial charge in [-0.25, -0.2) is 0 Å². The van der Waals surface area contributed by atoms with Gasteiger partial charge in [-0.15, -0.1) is 0 Å². The van der Waals surface area contributed by atoms with Gasteiger partial charge in [0.25, 0.3) is 0 Å². The predicted molar refractivity (Wildman–Crippen MR) is 127 cm³/mol. The van der Waals surface area contributed by atoms with Gasteiger partial charge in [0.1, 0.15) is 24.4 Å². The van der Waals surface area contributed by atoms with E-state index in [0.29, 0.717) is 6.61 Å². The smallest absolute Gasteiger partial charge is 0.111 e. The maximum Gasteiger partial charge on any atom is 0.111 e. The van der Waals surface area contributed by atoms with Crippen LogP contribution in [0.3, 0.4) is 0 Å². The van der Waals surface area contributed by atoms with E-state index in [9.17, 15) is 15.3 Å². The largest absolute Gasteiger partial charge is 0.388 e. The average Bonchev–Trinajstić information content (AvgIpc) is 2.77. The molecule has 0 aromatic carbocycles. The Kier molecular flexibility index (Phi) is 18.6. The quantitative estimate of drug-likeness (QED) is 0.176. The van der Waals surface area contributed by atoms with Crippen molar-refractivity contribution in [3.05, 3.63) is 12.2 Å². The third kappa shape index (κ3) is 15.1. The predicted octanol–water partition coefficient (Wildman–Crippen LogP) is 5.30.